The Morgan fingerprint density at radius 3 is 2.59 bits per heavy atom. The Morgan fingerprint density at radius 2 is 1.95 bits per heavy atom. The lowest BCUT2D eigenvalue weighted by Crippen LogP contribution is -2.29. The molecule has 0 amide bonds. The Hall–Kier alpha value is -1.96. The minimum absolute atomic E-state index is 0.0914. The molecule has 2 aromatic rings. The Balaban J connectivity index is 2.15. The quantitative estimate of drug-likeness (QED) is 0.840. The molecule has 0 saturated carbocycles. The fraction of sp³-hybridized carbons (Fsp3) is 0.267. The molecule has 118 valence electrons. The van der Waals surface area contributed by atoms with Gasteiger partial charge < -0.3 is 9.47 Å². The van der Waals surface area contributed by atoms with Crippen LogP contribution < -0.4 is 9.46 Å². The smallest absolute Gasteiger partial charge is 0.242 e. The van der Waals surface area contributed by atoms with Gasteiger partial charge in [-0.25, -0.2) is 13.1 Å². The number of benzene rings is 1. The highest BCUT2D eigenvalue weighted by atomic mass is 32.2. The van der Waals surface area contributed by atoms with E-state index < -0.39 is 16.1 Å². The molecule has 1 aromatic heterocycles. The lowest BCUT2D eigenvalue weighted by atomic mass is 10.1. The fourth-order valence-corrected chi connectivity index (χ4v) is 3.02. The summed E-state index contributed by atoms with van der Waals surface area (Å²) in [4.78, 5) is 3.93. The predicted octanol–water partition coefficient (Wildman–Crippen LogP) is 1.76. The van der Waals surface area contributed by atoms with Gasteiger partial charge >= 0.3 is 0 Å². The number of pyridine rings is 1. The van der Waals surface area contributed by atoms with Crippen molar-refractivity contribution in [3.63, 3.8) is 0 Å². The zero-order valence-electron chi connectivity index (χ0n) is 12.4. The summed E-state index contributed by atoms with van der Waals surface area (Å²) in [5.74, 6) is 0.648. The van der Waals surface area contributed by atoms with Gasteiger partial charge in [0, 0.05) is 31.6 Å². The predicted molar refractivity (Wildman–Crippen MR) is 82.2 cm³/mol. The number of hydrogen-bond acceptors (Lipinski definition) is 5. The van der Waals surface area contributed by atoms with Crippen molar-refractivity contribution in [3.05, 3.63) is 54.4 Å². The summed E-state index contributed by atoms with van der Waals surface area (Å²) in [7, 11) is -0.542. The lowest BCUT2D eigenvalue weighted by Gasteiger charge is -2.19. The second kappa shape index (κ2) is 7.35. The van der Waals surface area contributed by atoms with Crippen molar-refractivity contribution in [1.29, 1.82) is 0 Å². The van der Waals surface area contributed by atoms with Crippen LogP contribution in [-0.2, 0) is 14.8 Å². The maximum absolute atomic E-state index is 12.2. The first kappa shape index (κ1) is 16.4. The van der Waals surface area contributed by atoms with Gasteiger partial charge in [0.05, 0.1) is 13.2 Å². The molecule has 1 aromatic carbocycles. The molecule has 7 heteroatoms. The molecular formula is C15H18N2O4S. The monoisotopic (exact) mass is 322 g/mol. The summed E-state index contributed by atoms with van der Waals surface area (Å²) < 4.78 is 37.6. The van der Waals surface area contributed by atoms with Crippen LogP contribution in [-0.4, -0.2) is 34.2 Å². The molecule has 6 nitrogen and oxygen atoms in total. The standard InChI is InChI=1S/C15H18N2O4S/c1-20-14-8-4-3-7-13(14)15(21-2)11-17-22(18,19)12-6-5-9-16-10-12/h3-10,15,17H,11H2,1-2H3/t15-/m1/s1. The van der Waals surface area contributed by atoms with Crippen LogP contribution in [0.2, 0.25) is 0 Å². The highest BCUT2D eigenvalue weighted by Crippen LogP contribution is 2.26. The number of ether oxygens (including phenoxy) is 2. The second-order valence-electron chi connectivity index (χ2n) is 4.51. The van der Waals surface area contributed by atoms with Crippen molar-refractivity contribution >= 4 is 10.0 Å². The third-order valence-electron chi connectivity index (χ3n) is 3.17. The summed E-state index contributed by atoms with van der Waals surface area (Å²) in [6, 6.07) is 10.4. The number of rotatable bonds is 7. The number of para-hydroxylation sites is 1. The molecule has 0 aliphatic rings. The largest absolute Gasteiger partial charge is 0.496 e. The molecule has 0 radical (unpaired) electrons. The SMILES string of the molecule is COc1ccccc1[C@@H](CNS(=O)(=O)c1cccnc1)OC. The van der Waals surface area contributed by atoms with E-state index in [-0.39, 0.29) is 11.4 Å². The van der Waals surface area contributed by atoms with Crippen LogP contribution in [0, 0.1) is 0 Å². The van der Waals surface area contributed by atoms with Gasteiger partial charge in [-0.15, -0.1) is 0 Å². The zero-order valence-corrected chi connectivity index (χ0v) is 13.2. The average molecular weight is 322 g/mol. The van der Waals surface area contributed by atoms with Crippen LogP contribution >= 0.6 is 0 Å². The van der Waals surface area contributed by atoms with Gasteiger partial charge in [-0.1, -0.05) is 18.2 Å². The molecule has 1 N–H and O–H groups in total. The maximum Gasteiger partial charge on any atom is 0.242 e. The second-order valence-corrected chi connectivity index (χ2v) is 6.27. The molecule has 2 rings (SSSR count). The topological polar surface area (TPSA) is 77.5 Å². The van der Waals surface area contributed by atoms with E-state index in [1.54, 1.807) is 19.2 Å². The van der Waals surface area contributed by atoms with Gasteiger partial charge in [0.2, 0.25) is 10.0 Å². The molecular weight excluding hydrogens is 304 g/mol. The maximum atomic E-state index is 12.2. The zero-order chi connectivity index (χ0) is 16.0. The number of nitrogens with zero attached hydrogens (tertiary/aromatic N) is 1. The summed E-state index contributed by atoms with van der Waals surface area (Å²) in [6.45, 7) is 0.0914. The molecule has 0 fully saturated rings. The van der Waals surface area contributed by atoms with Crippen molar-refractivity contribution in [2.45, 2.75) is 11.0 Å². The molecule has 22 heavy (non-hydrogen) atoms. The summed E-state index contributed by atoms with van der Waals surface area (Å²) >= 11 is 0. The third-order valence-corrected chi connectivity index (χ3v) is 4.58. The molecule has 0 saturated heterocycles. The fourth-order valence-electron chi connectivity index (χ4n) is 2.03. The first-order chi connectivity index (χ1) is 10.6. The summed E-state index contributed by atoms with van der Waals surface area (Å²) in [6.07, 6.45) is 2.36. The molecule has 0 aliphatic carbocycles. The normalized spacial score (nSPS) is 12.8. The molecule has 0 aliphatic heterocycles. The summed E-state index contributed by atoms with van der Waals surface area (Å²) in [5.41, 5.74) is 0.779. The van der Waals surface area contributed by atoms with Crippen molar-refractivity contribution in [1.82, 2.24) is 9.71 Å². The molecule has 0 unspecified atom stereocenters. The minimum Gasteiger partial charge on any atom is -0.496 e. The first-order valence-corrected chi connectivity index (χ1v) is 8.12. The highest BCUT2D eigenvalue weighted by Gasteiger charge is 2.20. The van der Waals surface area contributed by atoms with Crippen molar-refractivity contribution in [2.75, 3.05) is 20.8 Å². The number of hydrogen-bond donors (Lipinski definition) is 1. The number of nitrogens with one attached hydrogen (secondary N) is 1. The van der Waals surface area contributed by atoms with Crippen LogP contribution in [0.1, 0.15) is 11.7 Å². The van der Waals surface area contributed by atoms with Gasteiger partial charge in [-0.05, 0) is 18.2 Å². The van der Waals surface area contributed by atoms with Crippen LogP contribution in [0.4, 0.5) is 0 Å². The van der Waals surface area contributed by atoms with E-state index in [1.165, 1.54) is 25.6 Å². The lowest BCUT2D eigenvalue weighted by molar-refractivity contribution is 0.105. The van der Waals surface area contributed by atoms with E-state index in [0.717, 1.165) is 5.56 Å². The van der Waals surface area contributed by atoms with Crippen LogP contribution in [0.5, 0.6) is 5.75 Å². The van der Waals surface area contributed by atoms with E-state index >= 15 is 0 Å². The van der Waals surface area contributed by atoms with Gasteiger partial charge in [0.15, 0.2) is 0 Å². The highest BCUT2D eigenvalue weighted by molar-refractivity contribution is 7.89. The Kier molecular flexibility index (Phi) is 5.48. The van der Waals surface area contributed by atoms with Gasteiger partial charge in [-0.2, -0.15) is 0 Å². The average Bonchev–Trinajstić information content (AvgIpc) is 2.56. The Bertz CT molecular complexity index is 704. The van der Waals surface area contributed by atoms with E-state index in [9.17, 15) is 8.42 Å². The first-order valence-electron chi connectivity index (χ1n) is 6.64. The number of sulfonamides is 1. The van der Waals surface area contributed by atoms with E-state index in [1.807, 2.05) is 18.2 Å². The van der Waals surface area contributed by atoms with E-state index in [2.05, 4.69) is 9.71 Å². The van der Waals surface area contributed by atoms with E-state index in [4.69, 9.17) is 9.47 Å². The van der Waals surface area contributed by atoms with Gasteiger partial charge in [-0.3, -0.25) is 4.98 Å². The molecule has 0 bridgehead atoms. The van der Waals surface area contributed by atoms with Crippen molar-refractivity contribution < 1.29 is 17.9 Å². The van der Waals surface area contributed by atoms with E-state index in [0.29, 0.717) is 5.75 Å². The molecule has 0 spiro atoms. The summed E-state index contributed by atoms with van der Waals surface area (Å²) in [5, 5.41) is 0. The Morgan fingerprint density at radius 1 is 1.18 bits per heavy atom. The van der Waals surface area contributed by atoms with Crippen LogP contribution in [0.15, 0.2) is 53.7 Å². The van der Waals surface area contributed by atoms with Crippen LogP contribution in [0.25, 0.3) is 0 Å². The molecule has 1 atom stereocenters. The third kappa shape index (κ3) is 3.82. The molecule has 1 heterocycles. The van der Waals surface area contributed by atoms with Crippen LogP contribution in [0.3, 0.4) is 0 Å². The Labute approximate surface area is 130 Å². The van der Waals surface area contributed by atoms with Crippen molar-refractivity contribution in [2.24, 2.45) is 0 Å². The number of methoxy groups -OCH3 is 2. The van der Waals surface area contributed by atoms with Gasteiger partial charge in [0.25, 0.3) is 0 Å². The number of aromatic nitrogens is 1. The minimum atomic E-state index is -3.63. The van der Waals surface area contributed by atoms with Crippen molar-refractivity contribution in [3.8, 4) is 5.75 Å². The van der Waals surface area contributed by atoms with Gasteiger partial charge in [0.1, 0.15) is 10.6 Å².